The summed E-state index contributed by atoms with van der Waals surface area (Å²) < 4.78 is 41.8. The Hall–Kier alpha value is -3.32. The van der Waals surface area contributed by atoms with Gasteiger partial charge in [-0.05, 0) is 55.5 Å². The number of hydrogen-bond acceptors (Lipinski definition) is 10. The average molecular weight is 573 g/mol. The van der Waals surface area contributed by atoms with Gasteiger partial charge in [0, 0.05) is 38.7 Å². The van der Waals surface area contributed by atoms with Crippen molar-refractivity contribution in [3.8, 4) is 17.1 Å². The van der Waals surface area contributed by atoms with Crippen molar-refractivity contribution in [2.75, 3.05) is 40.0 Å². The van der Waals surface area contributed by atoms with Crippen LogP contribution in [0, 0.1) is 0 Å². The molecule has 1 aromatic heterocycles. The van der Waals surface area contributed by atoms with Gasteiger partial charge in [-0.3, -0.25) is 10.0 Å². The van der Waals surface area contributed by atoms with E-state index in [-0.39, 0.29) is 17.7 Å². The lowest BCUT2D eigenvalue weighted by molar-refractivity contribution is -0.133. The number of ether oxygens (including phenoxy) is 2. The number of nitrogens with one attached hydrogen (secondary N) is 1. The lowest BCUT2D eigenvalue weighted by atomic mass is 9.95. The van der Waals surface area contributed by atoms with Gasteiger partial charge in [0.05, 0.1) is 18.1 Å². The number of carbonyl (C=O) groups is 1. The molecule has 1 saturated heterocycles. The summed E-state index contributed by atoms with van der Waals surface area (Å²) in [4.78, 5) is 19.2. The zero-order chi connectivity index (χ0) is 28.6. The highest BCUT2D eigenvalue weighted by Crippen LogP contribution is 2.36. The third-order valence-electron chi connectivity index (χ3n) is 7.35. The molecule has 1 aliphatic heterocycles. The molecule has 0 saturated carbocycles. The molecular formula is C28H36N4O7S. The van der Waals surface area contributed by atoms with E-state index in [1.807, 2.05) is 29.2 Å². The quantitative estimate of drug-likeness (QED) is 0.178. The molecule has 1 aliphatic rings. The highest BCUT2D eigenvalue weighted by Gasteiger charge is 2.52. The summed E-state index contributed by atoms with van der Waals surface area (Å²) in [6, 6.07) is 14.0. The molecule has 0 radical (unpaired) electrons. The zero-order valence-corrected chi connectivity index (χ0v) is 23.7. The van der Waals surface area contributed by atoms with Crippen molar-refractivity contribution in [1.82, 2.24) is 20.5 Å². The van der Waals surface area contributed by atoms with E-state index in [0.29, 0.717) is 63.2 Å². The lowest BCUT2D eigenvalue weighted by Gasteiger charge is -2.39. The van der Waals surface area contributed by atoms with Gasteiger partial charge in [0.25, 0.3) is 5.91 Å². The van der Waals surface area contributed by atoms with Crippen molar-refractivity contribution in [1.29, 1.82) is 0 Å². The van der Waals surface area contributed by atoms with Gasteiger partial charge in [-0.25, -0.2) is 13.9 Å². The van der Waals surface area contributed by atoms with Crippen molar-refractivity contribution < 1.29 is 32.4 Å². The molecule has 0 spiro atoms. The average Bonchev–Trinajstić information content (AvgIpc) is 3.47. The molecule has 0 aliphatic carbocycles. The number of benzene rings is 2. The number of aryl methyl sites for hydroxylation is 2. The Morgan fingerprint density at radius 3 is 2.52 bits per heavy atom. The summed E-state index contributed by atoms with van der Waals surface area (Å²) >= 11 is 0. The molecule has 2 heterocycles. The Morgan fingerprint density at radius 1 is 1.12 bits per heavy atom. The Balaban J connectivity index is 1.34. The van der Waals surface area contributed by atoms with Gasteiger partial charge in [-0.1, -0.05) is 36.3 Å². The number of rotatable bonds is 13. The Kier molecular flexibility index (Phi) is 9.90. The van der Waals surface area contributed by atoms with Gasteiger partial charge in [0.2, 0.25) is 11.7 Å². The van der Waals surface area contributed by atoms with Crippen molar-refractivity contribution in [3.63, 3.8) is 0 Å². The summed E-state index contributed by atoms with van der Waals surface area (Å²) in [7, 11) is -2.50. The van der Waals surface area contributed by atoms with Crippen LogP contribution in [0.4, 0.5) is 0 Å². The number of hydroxylamine groups is 1. The first kappa shape index (κ1) is 29.7. The second-order valence-electron chi connectivity index (χ2n) is 9.72. The van der Waals surface area contributed by atoms with E-state index in [4.69, 9.17) is 14.0 Å². The first-order valence-electron chi connectivity index (χ1n) is 13.4. The van der Waals surface area contributed by atoms with E-state index >= 15 is 0 Å². The molecule has 4 rings (SSSR count). The maximum absolute atomic E-state index is 13.6. The third-order valence-corrected chi connectivity index (χ3v) is 9.87. The number of sulfone groups is 1. The lowest BCUT2D eigenvalue weighted by Crippen LogP contribution is -2.57. The number of piperidine rings is 1. The van der Waals surface area contributed by atoms with E-state index in [2.05, 4.69) is 17.1 Å². The molecular weight excluding hydrogens is 536 g/mol. The molecule has 11 nitrogen and oxygen atoms in total. The number of nitrogens with zero attached hydrogens (tertiary/aromatic N) is 3. The van der Waals surface area contributed by atoms with Crippen LogP contribution >= 0.6 is 0 Å². The molecule has 12 heteroatoms. The highest BCUT2D eigenvalue weighted by atomic mass is 32.2. The molecule has 1 fully saturated rings. The molecule has 3 aromatic rings. The van der Waals surface area contributed by atoms with E-state index < -0.39 is 20.5 Å². The van der Waals surface area contributed by atoms with Crippen LogP contribution in [-0.2, 0) is 32.2 Å². The van der Waals surface area contributed by atoms with Crippen LogP contribution in [0.3, 0.4) is 0 Å². The fourth-order valence-electron chi connectivity index (χ4n) is 4.94. The van der Waals surface area contributed by atoms with Crippen LogP contribution in [0.15, 0.2) is 57.9 Å². The molecule has 216 valence electrons. The van der Waals surface area contributed by atoms with Gasteiger partial charge in [0.1, 0.15) is 5.75 Å². The van der Waals surface area contributed by atoms with Gasteiger partial charge in [-0.2, -0.15) is 4.98 Å². The summed E-state index contributed by atoms with van der Waals surface area (Å²) in [6.45, 7) is 4.38. The fourth-order valence-corrected chi connectivity index (χ4v) is 6.90. The molecule has 40 heavy (non-hydrogen) atoms. The summed E-state index contributed by atoms with van der Waals surface area (Å²) in [5.41, 5.74) is 3.69. The fraction of sp³-hybridized carbons (Fsp3) is 0.464. The zero-order valence-electron chi connectivity index (χ0n) is 22.8. The Labute approximate surface area is 234 Å². The smallest absolute Gasteiger partial charge is 0.265 e. The SMILES string of the molecule is CCc1ccccc1-c1noc(CCCOc2ccc(S(=O)(=O)C3(C(=O)NO)CCN(CCOC)CC3)cc2)n1. The number of hydrogen-bond donors (Lipinski definition) is 2. The number of carbonyl (C=O) groups excluding carboxylic acids is 1. The van der Waals surface area contributed by atoms with E-state index in [1.165, 1.54) is 12.1 Å². The van der Waals surface area contributed by atoms with Gasteiger partial charge in [-0.15, -0.1) is 0 Å². The van der Waals surface area contributed by atoms with Crippen molar-refractivity contribution in [2.24, 2.45) is 0 Å². The molecule has 1 amide bonds. The highest BCUT2D eigenvalue weighted by molar-refractivity contribution is 7.93. The van der Waals surface area contributed by atoms with Crippen LogP contribution in [0.25, 0.3) is 11.4 Å². The van der Waals surface area contributed by atoms with Crippen LogP contribution in [-0.4, -0.2) is 79.3 Å². The molecule has 0 bridgehead atoms. The van der Waals surface area contributed by atoms with Crippen LogP contribution in [0.1, 0.15) is 37.6 Å². The number of amides is 1. The first-order valence-corrected chi connectivity index (χ1v) is 14.9. The minimum Gasteiger partial charge on any atom is -0.494 e. The van der Waals surface area contributed by atoms with Crippen molar-refractivity contribution in [3.05, 3.63) is 60.0 Å². The van der Waals surface area contributed by atoms with Crippen molar-refractivity contribution in [2.45, 2.75) is 48.7 Å². The molecule has 2 N–H and O–H groups in total. The van der Waals surface area contributed by atoms with E-state index in [0.717, 1.165) is 17.5 Å². The summed E-state index contributed by atoms with van der Waals surface area (Å²) in [6.07, 6.45) is 2.15. The second-order valence-corrected chi connectivity index (χ2v) is 12.0. The normalized spacial score (nSPS) is 15.6. The second kappa shape index (κ2) is 13.4. The summed E-state index contributed by atoms with van der Waals surface area (Å²) in [5.74, 6) is 0.670. The number of likely N-dealkylation sites (tertiary alicyclic amines) is 1. The van der Waals surface area contributed by atoms with Gasteiger partial charge in [0.15, 0.2) is 14.6 Å². The van der Waals surface area contributed by atoms with Gasteiger partial charge >= 0.3 is 0 Å². The Morgan fingerprint density at radius 2 is 1.85 bits per heavy atom. The molecule has 0 atom stereocenters. The largest absolute Gasteiger partial charge is 0.494 e. The predicted octanol–water partition coefficient (Wildman–Crippen LogP) is 3.07. The topological polar surface area (TPSA) is 144 Å². The van der Waals surface area contributed by atoms with Crippen LogP contribution < -0.4 is 10.2 Å². The minimum atomic E-state index is -4.10. The maximum Gasteiger partial charge on any atom is 0.265 e. The monoisotopic (exact) mass is 572 g/mol. The molecule has 2 aromatic carbocycles. The molecule has 0 unspecified atom stereocenters. The van der Waals surface area contributed by atoms with E-state index in [1.54, 1.807) is 24.7 Å². The number of methoxy groups -OCH3 is 1. The van der Waals surface area contributed by atoms with Gasteiger partial charge < -0.3 is 18.9 Å². The minimum absolute atomic E-state index is 0.000425. The maximum atomic E-state index is 13.6. The van der Waals surface area contributed by atoms with E-state index in [9.17, 15) is 18.4 Å². The number of aromatic nitrogens is 2. The summed E-state index contributed by atoms with van der Waals surface area (Å²) in [5, 5.41) is 13.5. The first-order chi connectivity index (χ1) is 19.3. The predicted molar refractivity (Wildman–Crippen MR) is 147 cm³/mol. The third kappa shape index (κ3) is 6.35. The standard InChI is InChI=1S/C28H36N4O7S/c1-3-21-7-4-5-8-24(21)26-29-25(39-31-26)9-6-19-38-22-10-12-23(13-11-22)40(35,36)28(27(33)30-34)14-16-32(17-15-28)18-20-37-2/h4-5,7-8,10-13,34H,3,6,9,14-20H2,1-2H3,(H,30,33). The Bertz CT molecular complexity index is 1370. The van der Waals surface area contributed by atoms with Crippen LogP contribution in [0.2, 0.25) is 0 Å². The van der Waals surface area contributed by atoms with Crippen LogP contribution in [0.5, 0.6) is 5.75 Å². The van der Waals surface area contributed by atoms with Crippen molar-refractivity contribution >= 4 is 15.7 Å².